The van der Waals surface area contributed by atoms with Crippen molar-refractivity contribution in [2.24, 2.45) is 0 Å². The third kappa shape index (κ3) is 4.60. The molecule has 1 saturated carbocycles. The lowest BCUT2D eigenvalue weighted by Crippen LogP contribution is -2.31. The maximum Gasteiger partial charge on any atom is 0.329 e. The summed E-state index contributed by atoms with van der Waals surface area (Å²) in [5, 5.41) is 8.66. The lowest BCUT2D eigenvalue weighted by atomic mass is 9.77. The Kier molecular flexibility index (Phi) is 5.53. The summed E-state index contributed by atoms with van der Waals surface area (Å²) in [6, 6.07) is 15.9. The molecule has 0 bridgehead atoms. The summed E-state index contributed by atoms with van der Waals surface area (Å²) >= 11 is 0. The Labute approximate surface area is 167 Å². The van der Waals surface area contributed by atoms with Crippen LogP contribution in [-0.4, -0.2) is 28.8 Å². The highest BCUT2D eigenvalue weighted by Gasteiger charge is 2.31. The molecule has 0 aliphatic heterocycles. The molecule has 1 heterocycles. The predicted octanol–water partition coefficient (Wildman–Crippen LogP) is 5.03. The van der Waals surface area contributed by atoms with E-state index in [1.807, 2.05) is 24.3 Å². The second kappa shape index (κ2) is 8.41. The second-order valence-corrected chi connectivity index (χ2v) is 7.04. The van der Waals surface area contributed by atoms with Gasteiger partial charge in [0.25, 0.3) is 0 Å². The molecule has 29 heavy (non-hydrogen) atoms. The van der Waals surface area contributed by atoms with E-state index in [2.05, 4.69) is 4.98 Å². The minimum Gasteiger partial charge on any atom is -0.480 e. The minimum atomic E-state index is -0.949. The average molecular weight is 393 g/mol. The smallest absolute Gasteiger partial charge is 0.329 e. The van der Waals surface area contributed by atoms with E-state index in [1.54, 1.807) is 36.7 Å². The van der Waals surface area contributed by atoms with Crippen molar-refractivity contribution in [1.29, 1.82) is 0 Å². The summed E-state index contributed by atoms with van der Waals surface area (Å²) in [6.07, 6.45) is 4.87. The molecule has 1 fully saturated rings. The molecular formula is C23H20FNO4. The topological polar surface area (TPSA) is 68.7 Å². The summed E-state index contributed by atoms with van der Waals surface area (Å²) in [5.41, 5.74) is 2.39. The van der Waals surface area contributed by atoms with Crippen LogP contribution in [0.5, 0.6) is 11.5 Å². The van der Waals surface area contributed by atoms with E-state index < -0.39 is 5.97 Å². The SMILES string of the molecule is O=C(O)COC1CC(c2ccc(-c3cc(Oc4ccncc4)ccc3F)cc2)C1. The van der Waals surface area contributed by atoms with Crippen LogP contribution in [0.3, 0.4) is 0 Å². The van der Waals surface area contributed by atoms with Crippen LogP contribution >= 0.6 is 0 Å². The molecule has 1 N–H and O–H groups in total. The zero-order valence-electron chi connectivity index (χ0n) is 15.6. The molecule has 2 aromatic carbocycles. The van der Waals surface area contributed by atoms with Crippen LogP contribution in [0, 0.1) is 5.82 Å². The minimum absolute atomic E-state index is 0.00441. The van der Waals surface area contributed by atoms with E-state index in [9.17, 15) is 9.18 Å². The zero-order valence-corrected chi connectivity index (χ0v) is 15.6. The highest BCUT2D eigenvalue weighted by atomic mass is 19.1. The van der Waals surface area contributed by atoms with E-state index in [0.717, 1.165) is 24.0 Å². The van der Waals surface area contributed by atoms with Gasteiger partial charge in [0.05, 0.1) is 6.10 Å². The molecule has 1 aliphatic rings. The Balaban J connectivity index is 1.44. The summed E-state index contributed by atoms with van der Waals surface area (Å²) < 4.78 is 25.5. The fourth-order valence-electron chi connectivity index (χ4n) is 3.43. The Morgan fingerprint density at radius 3 is 2.45 bits per heavy atom. The van der Waals surface area contributed by atoms with Gasteiger partial charge in [-0.05, 0) is 60.2 Å². The largest absolute Gasteiger partial charge is 0.480 e. The second-order valence-electron chi connectivity index (χ2n) is 7.04. The van der Waals surface area contributed by atoms with Crippen molar-refractivity contribution in [3.05, 3.63) is 78.4 Å². The molecule has 0 unspecified atom stereocenters. The summed E-state index contributed by atoms with van der Waals surface area (Å²) in [6.45, 7) is -0.256. The van der Waals surface area contributed by atoms with Gasteiger partial charge in [0.15, 0.2) is 0 Å². The molecule has 0 amide bonds. The summed E-state index contributed by atoms with van der Waals surface area (Å²) in [7, 11) is 0. The molecule has 4 rings (SSSR count). The monoisotopic (exact) mass is 393 g/mol. The van der Waals surface area contributed by atoms with Gasteiger partial charge in [0.2, 0.25) is 0 Å². The number of halogens is 1. The van der Waals surface area contributed by atoms with Gasteiger partial charge in [-0.2, -0.15) is 0 Å². The molecule has 148 valence electrons. The molecular weight excluding hydrogens is 373 g/mol. The van der Waals surface area contributed by atoms with Gasteiger partial charge in [0, 0.05) is 18.0 Å². The number of carbonyl (C=O) groups is 1. The quantitative estimate of drug-likeness (QED) is 0.610. The van der Waals surface area contributed by atoms with Gasteiger partial charge in [-0.1, -0.05) is 24.3 Å². The predicted molar refractivity (Wildman–Crippen MR) is 105 cm³/mol. The van der Waals surface area contributed by atoms with E-state index in [4.69, 9.17) is 14.6 Å². The molecule has 0 saturated heterocycles. The van der Waals surface area contributed by atoms with Crippen molar-refractivity contribution in [3.8, 4) is 22.6 Å². The van der Waals surface area contributed by atoms with E-state index >= 15 is 0 Å². The van der Waals surface area contributed by atoms with E-state index in [0.29, 0.717) is 23.0 Å². The lowest BCUT2D eigenvalue weighted by Gasteiger charge is -2.35. The van der Waals surface area contributed by atoms with Crippen molar-refractivity contribution in [3.63, 3.8) is 0 Å². The zero-order chi connectivity index (χ0) is 20.2. The number of hydrogen-bond acceptors (Lipinski definition) is 4. The molecule has 0 spiro atoms. The van der Waals surface area contributed by atoms with E-state index in [1.165, 1.54) is 6.07 Å². The number of aromatic nitrogens is 1. The van der Waals surface area contributed by atoms with Crippen molar-refractivity contribution >= 4 is 5.97 Å². The third-order valence-electron chi connectivity index (χ3n) is 5.05. The van der Waals surface area contributed by atoms with Crippen LogP contribution < -0.4 is 4.74 Å². The first-order chi connectivity index (χ1) is 14.1. The van der Waals surface area contributed by atoms with Crippen LogP contribution in [0.1, 0.15) is 24.3 Å². The number of benzene rings is 2. The van der Waals surface area contributed by atoms with Gasteiger partial charge in [0.1, 0.15) is 23.9 Å². The standard InChI is InChI=1S/C23H20FNO4/c24-22-6-5-19(29-18-7-9-25-10-8-18)13-21(22)16-3-1-15(2-4-16)17-11-20(12-17)28-14-23(26)27/h1-10,13,17,20H,11-12,14H2,(H,26,27). The van der Waals surface area contributed by atoms with Crippen molar-refractivity contribution in [2.75, 3.05) is 6.61 Å². The Morgan fingerprint density at radius 1 is 1.03 bits per heavy atom. The number of aliphatic carboxylic acids is 1. The number of nitrogens with zero attached hydrogens (tertiary/aromatic N) is 1. The number of ether oxygens (including phenoxy) is 2. The summed E-state index contributed by atoms with van der Waals surface area (Å²) in [4.78, 5) is 14.5. The fourth-order valence-corrected chi connectivity index (χ4v) is 3.43. The molecule has 5 nitrogen and oxygen atoms in total. The van der Waals surface area contributed by atoms with Crippen molar-refractivity contribution in [2.45, 2.75) is 24.9 Å². The first kappa shape index (κ1) is 19.1. The van der Waals surface area contributed by atoms with Gasteiger partial charge >= 0.3 is 5.97 Å². The van der Waals surface area contributed by atoms with Gasteiger partial charge < -0.3 is 14.6 Å². The lowest BCUT2D eigenvalue weighted by molar-refractivity contribution is -0.146. The van der Waals surface area contributed by atoms with Crippen molar-refractivity contribution in [1.82, 2.24) is 4.98 Å². The maximum absolute atomic E-state index is 14.4. The third-order valence-corrected chi connectivity index (χ3v) is 5.05. The van der Waals surface area contributed by atoms with Crippen molar-refractivity contribution < 1.29 is 23.8 Å². The molecule has 3 aromatic rings. The van der Waals surface area contributed by atoms with Crippen LogP contribution in [0.2, 0.25) is 0 Å². The number of hydrogen-bond donors (Lipinski definition) is 1. The molecule has 6 heteroatoms. The highest BCUT2D eigenvalue weighted by Crippen LogP contribution is 2.39. The number of rotatable bonds is 7. The Bertz CT molecular complexity index is 986. The van der Waals surface area contributed by atoms with Crippen LogP contribution in [0.4, 0.5) is 4.39 Å². The van der Waals surface area contributed by atoms with Gasteiger partial charge in [-0.15, -0.1) is 0 Å². The Morgan fingerprint density at radius 2 is 1.76 bits per heavy atom. The first-order valence-electron chi connectivity index (χ1n) is 9.39. The Hall–Kier alpha value is -3.25. The number of carboxylic acid groups (broad SMARTS) is 1. The van der Waals surface area contributed by atoms with Crippen LogP contribution in [0.25, 0.3) is 11.1 Å². The molecule has 0 radical (unpaired) electrons. The number of pyridine rings is 1. The van der Waals surface area contributed by atoms with Crippen LogP contribution in [-0.2, 0) is 9.53 Å². The van der Waals surface area contributed by atoms with Gasteiger partial charge in [-0.25, -0.2) is 9.18 Å². The average Bonchev–Trinajstić information content (AvgIpc) is 2.69. The molecule has 1 aromatic heterocycles. The van der Waals surface area contributed by atoms with E-state index in [-0.39, 0.29) is 18.5 Å². The van der Waals surface area contributed by atoms with Crippen LogP contribution in [0.15, 0.2) is 67.0 Å². The molecule has 0 atom stereocenters. The number of carboxylic acids is 1. The highest BCUT2D eigenvalue weighted by molar-refractivity contribution is 5.68. The fraction of sp³-hybridized carbons (Fsp3) is 0.217. The van der Waals surface area contributed by atoms with Gasteiger partial charge in [-0.3, -0.25) is 4.98 Å². The summed E-state index contributed by atoms with van der Waals surface area (Å²) in [5.74, 6) is 0.265. The first-order valence-corrected chi connectivity index (χ1v) is 9.39. The normalized spacial score (nSPS) is 18.1. The maximum atomic E-state index is 14.4. The molecule has 1 aliphatic carbocycles.